The van der Waals surface area contributed by atoms with Gasteiger partial charge >= 0.3 is 0 Å². The third-order valence-corrected chi connectivity index (χ3v) is 5.25. The fourth-order valence-electron chi connectivity index (χ4n) is 2.94. The standard InChI is InChI=1S/C18H20N6O2S/c25-16(14-13-27-17(22-14)15-3-1-12-26-15)19-6-7-23-8-10-24(11-9-23)18-20-4-2-5-21-18/h1-5,12-13H,6-11H2,(H,19,25). The van der Waals surface area contributed by atoms with Crippen LogP contribution < -0.4 is 10.2 Å². The Labute approximate surface area is 160 Å². The highest BCUT2D eigenvalue weighted by Gasteiger charge is 2.19. The van der Waals surface area contributed by atoms with Gasteiger partial charge in [-0.15, -0.1) is 11.3 Å². The van der Waals surface area contributed by atoms with Crippen molar-refractivity contribution in [2.45, 2.75) is 0 Å². The molecule has 0 atom stereocenters. The number of piperazine rings is 1. The lowest BCUT2D eigenvalue weighted by Crippen LogP contribution is -2.49. The lowest BCUT2D eigenvalue weighted by atomic mass is 10.3. The predicted molar refractivity (Wildman–Crippen MR) is 103 cm³/mol. The molecule has 140 valence electrons. The molecular weight excluding hydrogens is 364 g/mol. The molecule has 0 saturated carbocycles. The molecule has 0 bridgehead atoms. The molecule has 0 radical (unpaired) electrons. The van der Waals surface area contributed by atoms with Crippen LogP contribution in [0.3, 0.4) is 0 Å². The average Bonchev–Trinajstić information content (AvgIpc) is 3.41. The molecule has 1 saturated heterocycles. The van der Waals surface area contributed by atoms with Gasteiger partial charge in [0, 0.05) is 57.0 Å². The summed E-state index contributed by atoms with van der Waals surface area (Å²) in [5, 5.41) is 5.41. The SMILES string of the molecule is O=C(NCCN1CCN(c2ncccn2)CC1)c1csc(-c2ccco2)n1. The zero-order chi connectivity index (χ0) is 18.5. The molecule has 0 unspecified atom stereocenters. The zero-order valence-corrected chi connectivity index (χ0v) is 15.6. The van der Waals surface area contributed by atoms with E-state index in [9.17, 15) is 4.79 Å². The topological polar surface area (TPSA) is 87.4 Å². The van der Waals surface area contributed by atoms with Gasteiger partial charge in [0.25, 0.3) is 5.91 Å². The van der Waals surface area contributed by atoms with Crippen molar-refractivity contribution in [2.75, 3.05) is 44.2 Å². The minimum Gasteiger partial charge on any atom is -0.462 e. The number of hydrogen-bond donors (Lipinski definition) is 1. The van der Waals surface area contributed by atoms with Crippen molar-refractivity contribution >= 4 is 23.2 Å². The van der Waals surface area contributed by atoms with Gasteiger partial charge in [0.2, 0.25) is 5.95 Å². The number of furan rings is 1. The Bertz CT molecular complexity index is 859. The van der Waals surface area contributed by atoms with Crippen molar-refractivity contribution in [1.82, 2.24) is 25.2 Å². The third-order valence-electron chi connectivity index (χ3n) is 4.39. The monoisotopic (exact) mass is 384 g/mol. The van der Waals surface area contributed by atoms with Gasteiger partial charge in [0.15, 0.2) is 10.8 Å². The highest BCUT2D eigenvalue weighted by molar-refractivity contribution is 7.13. The second kappa shape index (κ2) is 8.28. The van der Waals surface area contributed by atoms with Crippen molar-refractivity contribution in [2.24, 2.45) is 0 Å². The van der Waals surface area contributed by atoms with Crippen LogP contribution in [0.4, 0.5) is 5.95 Å². The maximum absolute atomic E-state index is 12.3. The number of thiazole rings is 1. The lowest BCUT2D eigenvalue weighted by molar-refractivity contribution is 0.0943. The van der Waals surface area contributed by atoms with E-state index in [4.69, 9.17) is 4.42 Å². The third kappa shape index (κ3) is 4.32. The largest absolute Gasteiger partial charge is 0.462 e. The molecule has 1 fully saturated rings. The fraction of sp³-hybridized carbons (Fsp3) is 0.333. The number of carbonyl (C=O) groups excluding carboxylic acids is 1. The first-order valence-electron chi connectivity index (χ1n) is 8.81. The van der Waals surface area contributed by atoms with Crippen LogP contribution >= 0.6 is 11.3 Å². The van der Waals surface area contributed by atoms with Gasteiger partial charge in [0.05, 0.1) is 6.26 Å². The Hall–Kier alpha value is -2.78. The Morgan fingerprint density at radius 2 is 2.00 bits per heavy atom. The molecule has 4 rings (SSSR count). The molecule has 1 N–H and O–H groups in total. The molecule has 0 aliphatic carbocycles. The Kier molecular flexibility index (Phi) is 5.40. The maximum atomic E-state index is 12.3. The number of amides is 1. The number of rotatable bonds is 6. The van der Waals surface area contributed by atoms with Crippen LogP contribution in [0.2, 0.25) is 0 Å². The van der Waals surface area contributed by atoms with E-state index in [0.29, 0.717) is 23.0 Å². The summed E-state index contributed by atoms with van der Waals surface area (Å²) in [4.78, 5) is 29.7. The Balaban J connectivity index is 1.21. The van der Waals surface area contributed by atoms with Gasteiger partial charge in [-0.3, -0.25) is 9.69 Å². The summed E-state index contributed by atoms with van der Waals surface area (Å²) >= 11 is 1.40. The van der Waals surface area contributed by atoms with Crippen LogP contribution in [0.15, 0.2) is 46.7 Å². The molecule has 27 heavy (non-hydrogen) atoms. The lowest BCUT2D eigenvalue weighted by Gasteiger charge is -2.34. The fourth-order valence-corrected chi connectivity index (χ4v) is 3.70. The second-order valence-corrected chi connectivity index (χ2v) is 7.01. The summed E-state index contributed by atoms with van der Waals surface area (Å²) < 4.78 is 5.31. The van der Waals surface area contributed by atoms with Crippen molar-refractivity contribution in [3.8, 4) is 10.8 Å². The highest BCUT2D eigenvalue weighted by Crippen LogP contribution is 2.23. The Morgan fingerprint density at radius 3 is 2.74 bits per heavy atom. The minimum atomic E-state index is -0.152. The number of anilines is 1. The van der Waals surface area contributed by atoms with E-state index in [1.165, 1.54) is 11.3 Å². The van der Waals surface area contributed by atoms with Gasteiger partial charge in [-0.25, -0.2) is 15.0 Å². The van der Waals surface area contributed by atoms with E-state index in [2.05, 4.69) is 30.1 Å². The van der Waals surface area contributed by atoms with Crippen molar-refractivity contribution in [3.63, 3.8) is 0 Å². The number of hydrogen-bond acceptors (Lipinski definition) is 8. The zero-order valence-electron chi connectivity index (χ0n) is 14.7. The first kappa shape index (κ1) is 17.6. The van der Waals surface area contributed by atoms with Crippen LogP contribution in [-0.2, 0) is 0 Å². The summed E-state index contributed by atoms with van der Waals surface area (Å²) in [7, 11) is 0. The van der Waals surface area contributed by atoms with E-state index < -0.39 is 0 Å². The average molecular weight is 384 g/mol. The molecule has 9 heteroatoms. The molecule has 1 amide bonds. The molecule has 1 aliphatic rings. The Morgan fingerprint density at radius 1 is 1.19 bits per heavy atom. The number of nitrogens with zero attached hydrogens (tertiary/aromatic N) is 5. The smallest absolute Gasteiger partial charge is 0.270 e. The summed E-state index contributed by atoms with van der Waals surface area (Å²) in [6.45, 7) is 5.02. The van der Waals surface area contributed by atoms with Gasteiger partial charge in [-0.1, -0.05) is 0 Å². The first-order chi connectivity index (χ1) is 13.3. The molecule has 1 aliphatic heterocycles. The molecule has 0 spiro atoms. The minimum absolute atomic E-state index is 0.152. The van der Waals surface area contributed by atoms with Crippen molar-refractivity contribution in [3.05, 3.63) is 47.9 Å². The van der Waals surface area contributed by atoms with Crippen molar-refractivity contribution in [1.29, 1.82) is 0 Å². The molecule has 0 aromatic carbocycles. The molecule has 8 nitrogen and oxygen atoms in total. The maximum Gasteiger partial charge on any atom is 0.270 e. The molecular formula is C18H20N6O2S. The van der Waals surface area contributed by atoms with Gasteiger partial charge in [-0.05, 0) is 18.2 Å². The molecule has 4 heterocycles. The summed E-state index contributed by atoms with van der Waals surface area (Å²) in [5.74, 6) is 1.31. The van der Waals surface area contributed by atoms with Crippen LogP contribution in [0.1, 0.15) is 10.5 Å². The predicted octanol–water partition coefficient (Wildman–Crippen LogP) is 1.75. The van der Waals surface area contributed by atoms with E-state index in [-0.39, 0.29) is 5.91 Å². The van der Waals surface area contributed by atoms with Gasteiger partial charge < -0.3 is 14.6 Å². The van der Waals surface area contributed by atoms with E-state index in [0.717, 1.165) is 38.7 Å². The van der Waals surface area contributed by atoms with Crippen LogP contribution in [0, 0.1) is 0 Å². The summed E-state index contributed by atoms with van der Waals surface area (Å²) in [6.07, 6.45) is 5.13. The van der Waals surface area contributed by atoms with E-state index >= 15 is 0 Å². The van der Waals surface area contributed by atoms with Crippen LogP contribution in [0.25, 0.3) is 10.8 Å². The number of aromatic nitrogens is 3. The van der Waals surface area contributed by atoms with Crippen molar-refractivity contribution < 1.29 is 9.21 Å². The van der Waals surface area contributed by atoms with E-state index in [1.54, 1.807) is 30.1 Å². The molecule has 3 aromatic rings. The highest BCUT2D eigenvalue weighted by atomic mass is 32.1. The number of carbonyl (C=O) groups is 1. The quantitative estimate of drug-likeness (QED) is 0.693. The first-order valence-corrected chi connectivity index (χ1v) is 9.69. The number of nitrogens with one attached hydrogen (secondary N) is 1. The second-order valence-electron chi connectivity index (χ2n) is 6.15. The van der Waals surface area contributed by atoms with E-state index in [1.807, 2.05) is 12.1 Å². The molecule has 3 aromatic heterocycles. The van der Waals surface area contributed by atoms with Crippen LogP contribution in [-0.4, -0.2) is 65.0 Å². The van der Waals surface area contributed by atoms with Gasteiger partial charge in [0.1, 0.15) is 5.69 Å². The normalized spacial score (nSPS) is 15.0. The summed E-state index contributed by atoms with van der Waals surface area (Å²) in [5.41, 5.74) is 0.428. The van der Waals surface area contributed by atoms with Crippen LogP contribution in [0.5, 0.6) is 0 Å². The van der Waals surface area contributed by atoms with Gasteiger partial charge in [-0.2, -0.15) is 0 Å². The summed E-state index contributed by atoms with van der Waals surface area (Å²) in [6, 6.07) is 5.46.